The lowest BCUT2D eigenvalue weighted by Gasteiger charge is -2.12. The van der Waals surface area contributed by atoms with E-state index in [0.29, 0.717) is 23.9 Å². The average Bonchev–Trinajstić information content (AvgIpc) is 3.42. The van der Waals surface area contributed by atoms with Gasteiger partial charge in [-0.1, -0.05) is 17.7 Å². The topological polar surface area (TPSA) is 94.0 Å². The Bertz CT molecular complexity index is 1070. The van der Waals surface area contributed by atoms with Crippen LogP contribution in [-0.4, -0.2) is 44.7 Å². The molecule has 1 aliphatic rings. The highest BCUT2D eigenvalue weighted by Crippen LogP contribution is 2.17. The summed E-state index contributed by atoms with van der Waals surface area (Å²) in [5.74, 6) is 0.214. The third-order valence-electron chi connectivity index (χ3n) is 4.70. The van der Waals surface area contributed by atoms with E-state index >= 15 is 0 Å². The SMILES string of the molecule is Cc1cnc(NC2CCOC2)nc1-n1cnc(C(=O)NCc2ccc(Cl)c(F)c2)c1. The number of benzene rings is 1. The highest BCUT2D eigenvalue weighted by atomic mass is 35.5. The number of hydrogen-bond donors (Lipinski definition) is 2. The molecule has 1 amide bonds. The number of carbonyl (C=O) groups excluding carboxylic acids is 1. The zero-order valence-corrected chi connectivity index (χ0v) is 17.0. The van der Waals surface area contributed by atoms with Crippen molar-refractivity contribution >= 4 is 23.5 Å². The molecule has 4 rings (SSSR count). The highest BCUT2D eigenvalue weighted by Gasteiger charge is 2.18. The number of carbonyl (C=O) groups is 1. The summed E-state index contributed by atoms with van der Waals surface area (Å²) in [6.45, 7) is 3.38. The van der Waals surface area contributed by atoms with E-state index in [2.05, 4.69) is 25.6 Å². The van der Waals surface area contributed by atoms with Gasteiger partial charge >= 0.3 is 0 Å². The first kappa shape index (κ1) is 20.2. The molecule has 1 fully saturated rings. The second kappa shape index (κ2) is 8.76. The number of amides is 1. The second-order valence-corrected chi connectivity index (χ2v) is 7.41. The molecule has 2 N–H and O–H groups in total. The number of hydrogen-bond acceptors (Lipinski definition) is 6. The van der Waals surface area contributed by atoms with Gasteiger partial charge in [0.15, 0.2) is 0 Å². The fourth-order valence-electron chi connectivity index (χ4n) is 3.07. The summed E-state index contributed by atoms with van der Waals surface area (Å²) in [4.78, 5) is 25.5. The maximum absolute atomic E-state index is 13.5. The lowest BCUT2D eigenvalue weighted by molar-refractivity contribution is 0.0946. The quantitative estimate of drug-likeness (QED) is 0.624. The number of aromatic nitrogens is 4. The fraction of sp³-hybridized carbons (Fsp3) is 0.300. The van der Waals surface area contributed by atoms with Crippen LogP contribution >= 0.6 is 11.6 Å². The Kier molecular flexibility index (Phi) is 5.91. The van der Waals surface area contributed by atoms with Crippen molar-refractivity contribution in [3.8, 4) is 5.82 Å². The molecule has 8 nitrogen and oxygen atoms in total. The first-order valence-corrected chi connectivity index (χ1v) is 9.82. The predicted octanol–water partition coefficient (Wildman–Crippen LogP) is 2.89. The number of nitrogens with zero attached hydrogens (tertiary/aromatic N) is 4. The Morgan fingerprint density at radius 2 is 2.27 bits per heavy atom. The van der Waals surface area contributed by atoms with Crippen molar-refractivity contribution in [2.45, 2.75) is 25.9 Å². The van der Waals surface area contributed by atoms with Gasteiger partial charge in [-0.25, -0.2) is 14.4 Å². The van der Waals surface area contributed by atoms with Gasteiger partial charge in [0.2, 0.25) is 5.95 Å². The summed E-state index contributed by atoms with van der Waals surface area (Å²) < 4.78 is 20.6. The Labute approximate surface area is 177 Å². The Morgan fingerprint density at radius 1 is 1.40 bits per heavy atom. The van der Waals surface area contributed by atoms with E-state index in [4.69, 9.17) is 16.3 Å². The zero-order valence-electron chi connectivity index (χ0n) is 16.2. The molecule has 0 saturated carbocycles. The molecule has 0 spiro atoms. The first-order valence-electron chi connectivity index (χ1n) is 9.44. The van der Waals surface area contributed by atoms with Gasteiger partial charge in [0.25, 0.3) is 5.91 Å². The van der Waals surface area contributed by atoms with Gasteiger partial charge in [0.05, 0.1) is 17.7 Å². The predicted molar refractivity (Wildman–Crippen MR) is 109 cm³/mol. The van der Waals surface area contributed by atoms with Crippen molar-refractivity contribution in [1.29, 1.82) is 0 Å². The molecular formula is C20H20ClFN6O2. The molecule has 0 radical (unpaired) electrons. The summed E-state index contributed by atoms with van der Waals surface area (Å²) >= 11 is 5.68. The smallest absolute Gasteiger partial charge is 0.271 e. The minimum Gasteiger partial charge on any atom is -0.379 e. The van der Waals surface area contributed by atoms with Crippen molar-refractivity contribution in [3.63, 3.8) is 0 Å². The van der Waals surface area contributed by atoms with Crippen LogP contribution in [0.5, 0.6) is 0 Å². The third-order valence-corrected chi connectivity index (χ3v) is 5.01. The Hall–Kier alpha value is -3.04. The van der Waals surface area contributed by atoms with Crippen molar-refractivity contribution in [3.05, 3.63) is 64.6 Å². The van der Waals surface area contributed by atoms with Gasteiger partial charge in [-0.15, -0.1) is 0 Å². The van der Waals surface area contributed by atoms with E-state index in [1.807, 2.05) is 6.92 Å². The Balaban J connectivity index is 1.45. The molecule has 156 valence electrons. The van der Waals surface area contributed by atoms with E-state index < -0.39 is 5.82 Å². The van der Waals surface area contributed by atoms with Crippen LogP contribution in [0, 0.1) is 12.7 Å². The van der Waals surface area contributed by atoms with E-state index in [-0.39, 0.29) is 29.2 Å². The minimum absolute atomic E-state index is 0.0401. The number of nitrogens with one attached hydrogen (secondary N) is 2. The summed E-state index contributed by atoms with van der Waals surface area (Å²) in [6.07, 6.45) is 5.74. The van der Waals surface area contributed by atoms with Crippen molar-refractivity contribution in [2.75, 3.05) is 18.5 Å². The molecule has 0 aliphatic carbocycles. The molecule has 1 aromatic carbocycles. The molecule has 3 heterocycles. The van der Waals surface area contributed by atoms with Gasteiger partial charge in [0.1, 0.15) is 23.7 Å². The number of rotatable bonds is 6. The fourth-order valence-corrected chi connectivity index (χ4v) is 3.19. The number of aryl methyl sites for hydroxylation is 1. The van der Waals surface area contributed by atoms with Crippen LogP contribution in [0.2, 0.25) is 5.02 Å². The van der Waals surface area contributed by atoms with Crippen LogP contribution < -0.4 is 10.6 Å². The van der Waals surface area contributed by atoms with E-state index in [1.165, 1.54) is 18.5 Å². The van der Waals surface area contributed by atoms with Crippen LogP contribution in [0.4, 0.5) is 10.3 Å². The molecule has 30 heavy (non-hydrogen) atoms. The summed E-state index contributed by atoms with van der Waals surface area (Å²) in [5.41, 5.74) is 1.66. The van der Waals surface area contributed by atoms with Crippen LogP contribution in [0.3, 0.4) is 0 Å². The molecule has 1 atom stereocenters. The third kappa shape index (κ3) is 4.58. The van der Waals surface area contributed by atoms with Crippen molar-refractivity contribution < 1.29 is 13.9 Å². The zero-order chi connectivity index (χ0) is 21.1. The van der Waals surface area contributed by atoms with Gasteiger partial charge in [-0.2, -0.15) is 4.98 Å². The van der Waals surface area contributed by atoms with Crippen LogP contribution in [0.1, 0.15) is 28.0 Å². The Morgan fingerprint density at radius 3 is 3.03 bits per heavy atom. The van der Waals surface area contributed by atoms with Gasteiger partial charge in [0, 0.05) is 31.1 Å². The maximum atomic E-state index is 13.5. The van der Waals surface area contributed by atoms with Crippen LogP contribution in [0.15, 0.2) is 36.9 Å². The molecule has 0 bridgehead atoms. The van der Waals surface area contributed by atoms with Crippen LogP contribution in [0.25, 0.3) is 5.82 Å². The van der Waals surface area contributed by atoms with Crippen molar-refractivity contribution in [2.24, 2.45) is 0 Å². The maximum Gasteiger partial charge on any atom is 0.271 e. The van der Waals surface area contributed by atoms with Gasteiger partial charge in [-0.05, 0) is 31.0 Å². The molecule has 1 saturated heterocycles. The monoisotopic (exact) mass is 430 g/mol. The molecule has 3 aromatic rings. The number of anilines is 1. The summed E-state index contributed by atoms with van der Waals surface area (Å²) in [5, 5.41) is 6.01. The lowest BCUT2D eigenvalue weighted by atomic mass is 10.2. The molecule has 1 aliphatic heterocycles. The van der Waals surface area contributed by atoms with Crippen LogP contribution in [-0.2, 0) is 11.3 Å². The first-order chi connectivity index (χ1) is 14.5. The van der Waals surface area contributed by atoms with E-state index in [1.54, 1.807) is 23.0 Å². The average molecular weight is 431 g/mol. The lowest BCUT2D eigenvalue weighted by Crippen LogP contribution is -2.23. The van der Waals surface area contributed by atoms with Gasteiger partial charge in [-0.3, -0.25) is 9.36 Å². The summed E-state index contributed by atoms with van der Waals surface area (Å²) in [7, 11) is 0. The number of ether oxygens (including phenoxy) is 1. The summed E-state index contributed by atoms with van der Waals surface area (Å²) in [6, 6.07) is 4.57. The second-order valence-electron chi connectivity index (χ2n) is 7.00. The number of halogens is 2. The largest absolute Gasteiger partial charge is 0.379 e. The molecule has 1 unspecified atom stereocenters. The number of imidazole rings is 1. The minimum atomic E-state index is -0.527. The van der Waals surface area contributed by atoms with E-state index in [9.17, 15) is 9.18 Å². The van der Waals surface area contributed by atoms with Crippen molar-refractivity contribution in [1.82, 2.24) is 24.8 Å². The van der Waals surface area contributed by atoms with E-state index in [0.717, 1.165) is 18.6 Å². The molecular weight excluding hydrogens is 411 g/mol. The molecule has 2 aromatic heterocycles. The highest BCUT2D eigenvalue weighted by molar-refractivity contribution is 6.30. The standard InChI is InChI=1S/C20H20ClFN6O2/c1-12-7-24-20(26-14-4-5-30-10-14)27-18(12)28-9-17(25-11-28)19(29)23-8-13-2-3-15(21)16(22)6-13/h2-3,6-7,9,11,14H,4-5,8,10H2,1H3,(H,23,29)(H,24,26,27). The normalized spacial score (nSPS) is 15.9. The molecule has 10 heteroatoms. The van der Waals surface area contributed by atoms with Gasteiger partial charge < -0.3 is 15.4 Å².